The Balaban J connectivity index is 4.30. The van der Waals surface area contributed by atoms with Crippen molar-refractivity contribution in [2.24, 2.45) is 17.1 Å². The highest BCUT2D eigenvalue weighted by molar-refractivity contribution is 7.90. The van der Waals surface area contributed by atoms with Gasteiger partial charge in [0.05, 0.1) is 5.75 Å². The molecule has 0 aliphatic rings. The molecule has 0 aliphatic heterocycles. The van der Waals surface area contributed by atoms with Crippen LogP contribution in [0.3, 0.4) is 0 Å². The second kappa shape index (κ2) is 4.42. The Morgan fingerprint density at radius 3 is 2.08 bits per heavy atom. The number of hydrogen-bond donors (Lipinski definition) is 1. The van der Waals surface area contributed by atoms with E-state index >= 15 is 0 Å². The summed E-state index contributed by atoms with van der Waals surface area (Å²) < 4.78 is 22.0. The van der Waals surface area contributed by atoms with Gasteiger partial charge in [-0.15, -0.1) is 0 Å². The normalized spacial score (nSPS) is 17.4. The summed E-state index contributed by atoms with van der Waals surface area (Å²) in [5.41, 5.74) is 5.59. The first-order chi connectivity index (χ1) is 5.71. The Hall–Kier alpha value is -0.0900. The first-order valence-electron chi connectivity index (χ1n) is 4.59. The summed E-state index contributed by atoms with van der Waals surface area (Å²) in [6.45, 7) is 6.74. The van der Waals surface area contributed by atoms with Gasteiger partial charge in [0.15, 0.2) is 0 Å². The summed E-state index contributed by atoms with van der Waals surface area (Å²) in [7, 11) is -2.86. The van der Waals surface area contributed by atoms with Gasteiger partial charge in [-0.1, -0.05) is 20.8 Å². The van der Waals surface area contributed by atoms with Crippen molar-refractivity contribution in [1.82, 2.24) is 0 Å². The fraction of sp³-hybridized carbons (Fsp3) is 1.00. The second-order valence-corrected chi connectivity index (χ2v) is 6.65. The van der Waals surface area contributed by atoms with Gasteiger partial charge in [0.25, 0.3) is 0 Å². The summed E-state index contributed by atoms with van der Waals surface area (Å²) in [6.07, 6.45) is 1.92. The van der Waals surface area contributed by atoms with Gasteiger partial charge in [-0.2, -0.15) is 0 Å². The van der Waals surface area contributed by atoms with E-state index in [2.05, 4.69) is 13.8 Å². The first kappa shape index (κ1) is 12.9. The van der Waals surface area contributed by atoms with Crippen LogP contribution < -0.4 is 5.73 Å². The number of nitrogens with two attached hydrogens (primary N) is 1. The molecule has 3 nitrogen and oxygen atoms in total. The standard InChI is InChI=1S/C9H21NO2S/c1-8(2)9(3,7-10)5-6-13(4,11)12/h8H,5-7,10H2,1-4H3. The molecule has 0 fully saturated rings. The fourth-order valence-electron chi connectivity index (χ4n) is 1.04. The van der Waals surface area contributed by atoms with E-state index in [1.165, 1.54) is 6.26 Å². The molecule has 0 aromatic heterocycles. The van der Waals surface area contributed by atoms with Crippen LogP contribution in [0.4, 0.5) is 0 Å². The van der Waals surface area contributed by atoms with Crippen molar-refractivity contribution in [1.29, 1.82) is 0 Å². The molecule has 0 saturated carbocycles. The summed E-state index contributed by atoms with van der Waals surface area (Å²) in [4.78, 5) is 0. The highest BCUT2D eigenvalue weighted by Gasteiger charge is 2.27. The molecule has 0 radical (unpaired) electrons. The van der Waals surface area contributed by atoms with Gasteiger partial charge in [-0.3, -0.25) is 0 Å². The fourth-order valence-corrected chi connectivity index (χ4v) is 1.88. The summed E-state index contributed by atoms with van der Waals surface area (Å²) in [5.74, 6) is 0.651. The van der Waals surface area contributed by atoms with Crippen molar-refractivity contribution in [2.45, 2.75) is 27.2 Å². The molecular formula is C9H21NO2S. The van der Waals surface area contributed by atoms with E-state index in [1.807, 2.05) is 6.92 Å². The predicted octanol–water partition coefficient (Wildman–Crippen LogP) is 1.04. The van der Waals surface area contributed by atoms with Crippen LogP contribution >= 0.6 is 0 Å². The van der Waals surface area contributed by atoms with Crippen LogP contribution in [0.15, 0.2) is 0 Å². The minimum Gasteiger partial charge on any atom is -0.330 e. The van der Waals surface area contributed by atoms with E-state index in [0.717, 1.165) is 0 Å². The third-order valence-electron chi connectivity index (χ3n) is 2.90. The van der Waals surface area contributed by atoms with Gasteiger partial charge in [-0.25, -0.2) is 8.42 Å². The maximum atomic E-state index is 11.0. The molecule has 0 spiro atoms. The van der Waals surface area contributed by atoms with E-state index in [0.29, 0.717) is 18.9 Å². The SMILES string of the molecule is CC(C)C(C)(CN)CCS(C)(=O)=O. The Kier molecular flexibility index (Phi) is 4.39. The third-order valence-corrected chi connectivity index (χ3v) is 3.85. The zero-order valence-electron chi connectivity index (χ0n) is 9.00. The molecule has 0 rings (SSSR count). The molecule has 0 bridgehead atoms. The molecule has 1 unspecified atom stereocenters. The lowest BCUT2D eigenvalue weighted by atomic mass is 9.77. The van der Waals surface area contributed by atoms with Gasteiger partial charge in [-0.05, 0) is 24.3 Å². The molecule has 0 aromatic carbocycles. The van der Waals surface area contributed by atoms with E-state index in [9.17, 15) is 8.42 Å². The Labute approximate surface area is 81.6 Å². The van der Waals surface area contributed by atoms with E-state index < -0.39 is 9.84 Å². The zero-order chi connectivity index (χ0) is 10.7. The maximum Gasteiger partial charge on any atom is 0.147 e. The van der Waals surface area contributed by atoms with Gasteiger partial charge in [0.1, 0.15) is 9.84 Å². The first-order valence-corrected chi connectivity index (χ1v) is 6.65. The van der Waals surface area contributed by atoms with Crippen molar-refractivity contribution < 1.29 is 8.42 Å². The van der Waals surface area contributed by atoms with Crippen LogP contribution in [0, 0.1) is 11.3 Å². The maximum absolute atomic E-state index is 11.0. The zero-order valence-corrected chi connectivity index (χ0v) is 9.82. The molecule has 80 valence electrons. The highest BCUT2D eigenvalue weighted by Crippen LogP contribution is 2.29. The molecule has 0 saturated heterocycles. The lowest BCUT2D eigenvalue weighted by Crippen LogP contribution is -2.34. The topological polar surface area (TPSA) is 60.2 Å². The average Bonchev–Trinajstić information content (AvgIpc) is 1.98. The lowest BCUT2D eigenvalue weighted by Gasteiger charge is -2.32. The molecule has 1 atom stereocenters. The minimum atomic E-state index is -2.86. The summed E-state index contributed by atoms with van der Waals surface area (Å²) in [5, 5.41) is 0. The number of hydrogen-bond acceptors (Lipinski definition) is 3. The largest absolute Gasteiger partial charge is 0.330 e. The Bertz CT molecular complexity index is 246. The van der Waals surface area contributed by atoms with Crippen LogP contribution in [-0.2, 0) is 9.84 Å². The average molecular weight is 207 g/mol. The number of sulfone groups is 1. The van der Waals surface area contributed by atoms with E-state index in [4.69, 9.17) is 5.73 Å². The molecule has 0 aromatic rings. The third kappa shape index (κ3) is 4.62. The van der Waals surface area contributed by atoms with Crippen molar-refractivity contribution in [3.05, 3.63) is 0 Å². The molecular weight excluding hydrogens is 186 g/mol. The van der Waals surface area contributed by atoms with Gasteiger partial charge < -0.3 is 5.73 Å². The Morgan fingerprint density at radius 2 is 1.85 bits per heavy atom. The number of rotatable bonds is 5. The van der Waals surface area contributed by atoms with Crippen LogP contribution in [0.5, 0.6) is 0 Å². The van der Waals surface area contributed by atoms with Gasteiger partial charge in [0, 0.05) is 6.26 Å². The van der Waals surface area contributed by atoms with Crippen molar-refractivity contribution in [3.8, 4) is 0 Å². The molecule has 0 heterocycles. The van der Waals surface area contributed by atoms with Crippen molar-refractivity contribution >= 4 is 9.84 Å². The molecule has 0 amide bonds. The van der Waals surface area contributed by atoms with E-state index in [1.54, 1.807) is 0 Å². The molecule has 13 heavy (non-hydrogen) atoms. The summed E-state index contributed by atoms with van der Waals surface area (Å²) in [6, 6.07) is 0. The predicted molar refractivity (Wildman–Crippen MR) is 56.3 cm³/mol. The quantitative estimate of drug-likeness (QED) is 0.733. The molecule has 2 N–H and O–H groups in total. The minimum absolute atomic E-state index is 0.0525. The monoisotopic (exact) mass is 207 g/mol. The van der Waals surface area contributed by atoms with Crippen molar-refractivity contribution in [2.75, 3.05) is 18.6 Å². The molecule has 0 aliphatic carbocycles. The molecule has 4 heteroatoms. The van der Waals surface area contributed by atoms with Gasteiger partial charge >= 0.3 is 0 Å². The van der Waals surface area contributed by atoms with Crippen molar-refractivity contribution in [3.63, 3.8) is 0 Å². The van der Waals surface area contributed by atoms with Crippen LogP contribution in [0.1, 0.15) is 27.2 Å². The highest BCUT2D eigenvalue weighted by atomic mass is 32.2. The van der Waals surface area contributed by atoms with E-state index in [-0.39, 0.29) is 11.2 Å². The van der Waals surface area contributed by atoms with Gasteiger partial charge in [0.2, 0.25) is 0 Å². The second-order valence-electron chi connectivity index (χ2n) is 4.39. The Morgan fingerprint density at radius 1 is 1.38 bits per heavy atom. The lowest BCUT2D eigenvalue weighted by molar-refractivity contribution is 0.221. The van der Waals surface area contributed by atoms with Crippen LogP contribution in [0.25, 0.3) is 0 Å². The van der Waals surface area contributed by atoms with Crippen LogP contribution in [0.2, 0.25) is 0 Å². The summed E-state index contributed by atoms with van der Waals surface area (Å²) >= 11 is 0. The smallest absolute Gasteiger partial charge is 0.147 e. The van der Waals surface area contributed by atoms with Crippen LogP contribution in [-0.4, -0.2) is 27.0 Å².